The molecule has 1 nitrogen and oxygen atoms in total. The molecule has 0 N–H and O–H groups in total. The van der Waals surface area contributed by atoms with Gasteiger partial charge in [0.1, 0.15) is 0 Å². The van der Waals surface area contributed by atoms with E-state index in [1.807, 2.05) is 106 Å². The van der Waals surface area contributed by atoms with Gasteiger partial charge in [0.2, 0.25) is 0 Å². The van der Waals surface area contributed by atoms with Gasteiger partial charge in [-0.1, -0.05) is 76.6 Å². The third-order valence-electron chi connectivity index (χ3n) is 3.52. The summed E-state index contributed by atoms with van der Waals surface area (Å²) in [6.07, 6.45) is 1.87. The van der Waals surface area contributed by atoms with E-state index in [9.17, 15) is 0 Å². The fourth-order valence-corrected chi connectivity index (χ4v) is 14.9. The number of rotatable bonds is 1. The largest absolute Gasteiger partial charge is 0.257 e. The van der Waals surface area contributed by atoms with Gasteiger partial charge in [-0.15, -0.1) is 23.5 Å². The van der Waals surface area contributed by atoms with Crippen molar-refractivity contribution in [2.75, 3.05) is 11.5 Å². The summed E-state index contributed by atoms with van der Waals surface area (Å²) in [6, 6.07) is 6.13. The van der Waals surface area contributed by atoms with Crippen LogP contribution in [0, 0.1) is 0 Å². The zero-order chi connectivity index (χ0) is 16.8. The van der Waals surface area contributed by atoms with Crippen LogP contribution in [0.3, 0.4) is 0 Å². The second-order valence-corrected chi connectivity index (χ2v) is 15.3. The highest BCUT2D eigenvalue weighted by atomic mass is 32.3. The Morgan fingerprint density at radius 1 is 0.760 bits per heavy atom. The van der Waals surface area contributed by atoms with E-state index in [4.69, 9.17) is 0 Å². The summed E-state index contributed by atoms with van der Waals surface area (Å²) in [5, 5.41) is 0. The Labute approximate surface area is 181 Å². The van der Waals surface area contributed by atoms with Crippen molar-refractivity contribution < 1.29 is 0 Å². The van der Waals surface area contributed by atoms with Crippen LogP contribution in [-0.2, 0) is 0 Å². The molecule has 0 unspecified atom stereocenters. The Balaban J connectivity index is 1.31. The Kier molecular flexibility index (Phi) is 5.56. The van der Waals surface area contributed by atoms with Crippen molar-refractivity contribution in [1.29, 1.82) is 0 Å². The van der Waals surface area contributed by atoms with Crippen LogP contribution in [0.25, 0.3) is 5.57 Å². The van der Waals surface area contributed by atoms with E-state index in [1.165, 1.54) is 46.7 Å². The van der Waals surface area contributed by atoms with Gasteiger partial charge in [0.05, 0.1) is 35.4 Å². The van der Waals surface area contributed by atoms with Crippen LogP contribution in [0.2, 0.25) is 0 Å². The summed E-state index contributed by atoms with van der Waals surface area (Å²) in [6.45, 7) is 2.18. The molecule has 5 heterocycles. The van der Waals surface area contributed by atoms with E-state index in [-0.39, 0.29) is 0 Å². The minimum Gasteiger partial charge on any atom is -0.257 e. The quantitative estimate of drug-likeness (QED) is 0.398. The molecule has 128 valence electrons. The van der Waals surface area contributed by atoms with Crippen LogP contribution < -0.4 is 0 Å². The first-order valence-corrected chi connectivity index (χ1v) is 14.3. The van der Waals surface area contributed by atoms with Gasteiger partial charge in [0, 0.05) is 17.7 Å². The number of aromatic nitrogens is 1. The van der Waals surface area contributed by atoms with Gasteiger partial charge >= 0.3 is 0 Å². The lowest BCUT2D eigenvalue weighted by Crippen LogP contribution is -1.88. The summed E-state index contributed by atoms with van der Waals surface area (Å²) < 4.78 is 10.3. The molecule has 0 aliphatic carbocycles. The maximum atomic E-state index is 4.49. The molecule has 4 aliphatic rings. The van der Waals surface area contributed by atoms with Crippen LogP contribution in [0.15, 0.2) is 54.1 Å². The number of nitrogens with zero attached hydrogens (tertiary/aromatic N) is 1. The maximum absolute atomic E-state index is 4.49. The molecule has 9 heteroatoms. The summed E-state index contributed by atoms with van der Waals surface area (Å²) in [7, 11) is 0. The highest BCUT2D eigenvalue weighted by molar-refractivity contribution is 8.49. The monoisotopic (exact) mass is 473 g/mol. The molecule has 4 aliphatic heterocycles. The second kappa shape index (κ2) is 7.73. The third kappa shape index (κ3) is 3.64. The molecule has 0 bridgehead atoms. The van der Waals surface area contributed by atoms with Crippen LogP contribution >= 0.6 is 94.1 Å². The summed E-state index contributed by atoms with van der Waals surface area (Å²) in [5.74, 6) is 2.50. The van der Waals surface area contributed by atoms with Crippen LogP contribution in [0.5, 0.6) is 0 Å². The van der Waals surface area contributed by atoms with Crippen molar-refractivity contribution in [2.24, 2.45) is 0 Å². The van der Waals surface area contributed by atoms with E-state index < -0.39 is 0 Å². The molecule has 0 fully saturated rings. The first-order chi connectivity index (χ1) is 12.3. The Bertz CT molecular complexity index is 825. The molecule has 0 saturated heterocycles. The molecular weight excluding hydrogens is 463 g/mol. The van der Waals surface area contributed by atoms with Gasteiger partial charge < -0.3 is 0 Å². The molecule has 0 radical (unpaired) electrons. The zero-order valence-electron chi connectivity index (χ0n) is 12.9. The van der Waals surface area contributed by atoms with E-state index >= 15 is 0 Å². The first kappa shape index (κ1) is 18.0. The molecule has 0 amide bonds. The molecule has 0 spiro atoms. The SMILES string of the molecule is CC(=C1SC2=C(SC(=C3SC4=C(SCCS4)S3)S2)S1)c1ccccn1. The second-order valence-electron chi connectivity index (χ2n) is 5.16. The van der Waals surface area contributed by atoms with Crippen molar-refractivity contribution in [2.45, 2.75) is 6.92 Å². The summed E-state index contributed by atoms with van der Waals surface area (Å²) in [4.78, 5) is 4.49. The van der Waals surface area contributed by atoms with Crippen molar-refractivity contribution in [3.8, 4) is 0 Å². The molecule has 0 atom stereocenters. The van der Waals surface area contributed by atoms with Crippen molar-refractivity contribution in [3.05, 3.63) is 59.8 Å². The molecule has 0 saturated carbocycles. The van der Waals surface area contributed by atoms with Crippen LogP contribution in [-0.4, -0.2) is 16.5 Å². The minimum atomic E-state index is 1.08. The first-order valence-electron chi connectivity index (χ1n) is 7.46. The molecule has 0 aromatic carbocycles. The molecule has 25 heavy (non-hydrogen) atoms. The fraction of sp³-hybridized carbons (Fsp3) is 0.188. The summed E-state index contributed by atoms with van der Waals surface area (Å²) >= 11 is 15.8. The van der Waals surface area contributed by atoms with Gasteiger partial charge in [0.25, 0.3) is 0 Å². The number of allylic oxidation sites excluding steroid dienone is 1. The molecule has 5 rings (SSSR count). The Morgan fingerprint density at radius 2 is 1.32 bits per heavy atom. The van der Waals surface area contributed by atoms with E-state index in [0.717, 1.165) is 5.69 Å². The average Bonchev–Trinajstić information content (AvgIpc) is 3.33. The molecule has 1 aromatic rings. The highest BCUT2D eigenvalue weighted by Gasteiger charge is 2.35. The van der Waals surface area contributed by atoms with E-state index in [0.29, 0.717) is 0 Å². The normalized spacial score (nSPS) is 22.8. The van der Waals surface area contributed by atoms with Gasteiger partial charge in [0.15, 0.2) is 0 Å². The van der Waals surface area contributed by atoms with Crippen molar-refractivity contribution in [1.82, 2.24) is 4.98 Å². The third-order valence-corrected chi connectivity index (χ3v) is 15.7. The van der Waals surface area contributed by atoms with Crippen LogP contribution in [0.1, 0.15) is 12.6 Å². The summed E-state index contributed by atoms with van der Waals surface area (Å²) in [5.41, 5.74) is 2.37. The van der Waals surface area contributed by atoms with Crippen LogP contribution in [0.4, 0.5) is 0 Å². The zero-order valence-corrected chi connectivity index (χ0v) is 19.5. The predicted octanol–water partition coefficient (Wildman–Crippen LogP) is 8.07. The maximum Gasteiger partial charge on any atom is 0.0718 e. The Hall–Kier alpha value is 0.910. The van der Waals surface area contributed by atoms with Gasteiger partial charge in [-0.05, 0) is 24.6 Å². The number of hydrogen-bond acceptors (Lipinski definition) is 9. The van der Waals surface area contributed by atoms with Gasteiger partial charge in [-0.25, -0.2) is 0 Å². The smallest absolute Gasteiger partial charge is 0.0718 e. The Morgan fingerprint density at radius 3 is 1.88 bits per heavy atom. The number of hydrogen-bond donors (Lipinski definition) is 0. The average molecular weight is 474 g/mol. The topological polar surface area (TPSA) is 12.9 Å². The predicted molar refractivity (Wildman–Crippen MR) is 128 cm³/mol. The number of thioether (sulfide) groups is 8. The van der Waals surface area contributed by atoms with E-state index in [1.54, 1.807) is 0 Å². The standard InChI is InChI=1S/C16H11NS8/c1-8(9-4-2-3-5-17-9)10-20-13-14(21-10)25-16(24-13)15-22-11-12(23-15)19-7-6-18-11/h2-5H,6-7H2,1H3. The molecule has 1 aromatic heterocycles. The highest BCUT2D eigenvalue weighted by Crippen LogP contribution is 2.71. The van der Waals surface area contributed by atoms with Gasteiger partial charge in [-0.3, -0.25) is 4.98 Å². The fourth-order valence-electron chi connectivity index (χ4n) is 2.31. The van der Waals surface area contributed by atoms with E-state index in [2.05, 4.69) is 24.0 Å². The lowest BCUT2D eigenvalue weighted by Gasteiger charge is -2.08. The van der Waals surface area contributed by atoms with Gasteiger partial charge in [-0.2, -0.15) is 0 Å². The molecular formula is C16H11NS8. The number of pyridine rings is 1. The lowest BCUT2D eigenvalue weighted by molar-refractivity contribution is 1.27. The lowest BCUT2D eigenvalue weighted by atomic mass is 10.2. The van der Waals surface area contributed by atoms with Crippen molar-refractivity contribution in [3.63, 3.8) is 0 Å². The van der Waals surface area contributed by atoms with Crippen molar-refractivity contribution >= 4 is 99.7 Å². The minimum absolute atomic E-state index is 1.08.